The standard InChI is InChI=1S/C36H43F3N6O3/c1-6-48-34(46)24-13-15-45(16-14-24)26-11-9-23(10-12-26)32-42-31-29(44(4)20-35(2,3)21-47-5)18-28(41-33(31)43-32)25-17-27(36(37,38)39)30(40-19-25)22-7-8-22/h9-12,17-19,22,24H,6-8,13-16,20-21H2,1-5H3,(H,41,42,43). The van der Waals surface area contributed by atoms with Gasteiger partial charge < -0.3 is 24.3 Å². The number of aromatic nitrogens is 4. The number of aromatic amines is 1. The van der Waals surface area contributed by atoms with E-state index in [1.807, 2.05) is 44.3 Å². The molecule has 0 atom stereocenters. The van der Waals surface area contributed by atoms with Gasteiger partial charge in [-0.05, 0) is 69.0 Å². The third-order valence-electron chi connectivity index (χ3n) is 9.16. The summed E-state index contributed by atoms with van der Waals surface area (Å²) in [6.45, 7) is 9.09. The molecule has 1 aliphatic heterocycles. The number of alkyl halides is 3. The van der Waals surface area contributed by atoms with Crippen LogP contribution in [0.2, 0.25) is 0 Å². The van der Waals surface area contributed by atoms with E-state index in [1.165, 1.54) is 12.3 Å². The summed E-state index contributed by atoms with van der Waals surface area (Å²) in [6.07, 6.45) is -0.0829. The van der Waals surface area contributed by atoms with Crippen molar-refractivity contribution in [2.24, 2.45) is 11.3 Å². The molecule has 1 aliphatic carbocycles. The number of imidazole rings is 1. The van der Waals surface area contributed by atoms with Crippen LogP contribution in [0.1, 0.15) is 63.6 Å². The molecule has 12 heteroatoms. The van der Waals surface area contributed by atoms with E-state index in [2.05, 4.69) is 33.6 Å². The van der Waals surface area contributed by atoms with Gasteiger partial charge in [-0.1, -0.05) is 13.8 Å². The second kappa shape index (κ2) is 13.4. The fraction of sp³-hybridized carbons (Fsp3) is 0.500. The molecule has 0 bridgehead atoms. The van der Waals surface area contributed by atoms with Gasteiger partial charge in [-0.15, -0.1) is 0 Å². The van der Waals surface area contributed by atoms with Crippen LogP contribution >= 0.6 is 0 Å². The molecule has 0 spiro atoms. The summed E-state index contributed by atoms with van der Waals surface area (Å²) in [5, 5.41) is 0. The topological polar surface area (TPSA) is 96.5 Å². The normalized spacial score (nSPS) is 16.0. The summed E-state index contributed by atoms with van der Waals surface area (Å²) < 4.78 is 53.1. The number of carbonyl (C=O) groups is 1. The number of nitrogens with one attached hydrogen (secondary N) is 1. The summed E-state index contributed by atoms with van der Waals surface area (Å²) in [4.78, 5) is 33.8. The first-order valence-electron chi connectivity index (χ1n) is 16.6. The highest BCUT2D eigenvalue weighted by Crippen LogP contribution is 2.46. The number of anilines is 2. The molecule has 0 radical (unpaired) electrons. The van der Waals surface area contributed by atoms with Crippen molar-refractivity contribution in [1.29, 1.82) is 0 Å². The van der Waals surface area contributed by atoms with Gasteiger partial charge in [-0.3, -0.25) is 9.78 Å². The maximum Gasteiger partial charge on any atom is 0.418 e. The molecule has 256 valence electrons. The Morgan fingerprint density at radius 2 is 1.75 bits per heavy atom. The van der Waals surface area contributed by atoms with E-state index in [-0.39, 0.29) is 28.9 Å². The molecular formula is C36H43F3N6O3. The van der Waals surface area contributed by atoms with Gasteiger partial charge in [-0.25, -0.2) is 9.97 Å². The van der Waals surface area contributed by atoms with E-state index >= 15 is 0 Å². The number of hydrogen-bond donors (Lipinski definition) is 1. The zero-order chi connectivity index (χ0) is 34.2. The number of H-pyrrole nitrogens is 1. The van der Waals surface area contributed by atoms with Crippen molar-refractivity contribution in [2.75, 3.05) is 56.8 Å². The van der Waals surface area contributed by atoms with Crippen LogP contribution < -0.4 is 9.80 Å². The van der Waals surface area contributed by atoms with Gasteiger partial charge in [0.05, 0.1) is 41.8 Å². The third-order valence-corrected chi connectivity index (χ3v) is 9.16. The molecule has 2 aliphatic rings. The third kappa shape index (κ3) is 7.28. The van der Waals surface area contributed by atoms with E-state index in [1.54, 1.807) is 7.11 Å². The van der Waals surface area contributed by atoms with Crippen LogP contribution in [0, 0.1) is 11.3 Å². The molecule has 9 nitrogen and oxygen atoms in total. The van der Waals surface area contributed by atoms with Crippen LogP contribution in [0.4, 0.5) is 24.5 Å². The van der Waals surface area contributed by atoms with Crippen molar-refractivity contribution in [1.82, 2.24) is 19.9 Å². The molecule has 2 fully saturated rings. The number of methoxy groups -OCH3 is 1. The lowest BCUT2D eigenvalue weighted by Gasteiger charge is -2.32. The van der Waals surface area contributed by atoms with Crippen molar-refractivity contribution in [3.05, 3.63) is 53.9 Å². The fourth-order valence-corrected chi connectivity index (χ4v) is 6.71. The van der Waals surface area contributed by atoms with Crippen molar-refractivity contribution >= 4 is 28.5 Å². The smallest absolute Gasteiger partial charge is 0.418 e. The largest absolute Gasteiger partial charge is 0.466 e. The van der Waals surface area contributed by atoms with E-state index in [4.69, 9.17) is 19.4 Å². The van der Waals surface area contributed by atoms with Crippen molar-refractivity contribution in [3.63, 3.8) is 0 Å². The Morgan fingerprint density at radius 3 is 2.38 bits per heavy atom. The second-order valence-corrected chi connectivity index (χ2v) is 13.8. The lowest BCUT2D eigenvalue weighted by Crippen LogP contribution is -2.36. The van der Waals surface area contributed by atoms with Crippen LogP contribution in [0.3, 0.4) is 0 Å². The number of esters is 1. The predicted molar refractivity (Wildman–Crippen MR) is 180 cm³/mol. The molecule has 1 saturated carbocycles. The van der Waals surface area contributed by atoms with Gasteiger partial charge in [0.1, 0.15) is 11.3 Å². The number of ether oxygens (including phenoxy) is 2. The van der Waals surface area contributed by atoms with Crippen LogP contribution in [0.5, 0.6) is 0 Å². The Kier molecular flexibility index (Phi) is 9.39. The monoisotopic (exact) mass is 664 g/mol. The molecule has 6 rings (SSSR count). The van der Waals surface area contributed by atoms with Gasteiger partial charge in [0.15, 0.2) is 5.65 Å². The minimum Gasteiger partial charge on any atom is -0.466 e. The summed E-state index contributed by atoms with van der Waals surface area (Å²) >= 11 is 0. The number of halogens is 3. The average molecular weight is 665 g/mol. The van der Waals surface area contributed by atoms with E-state index in [0.29, 0.717) is 48.0 Å². The minimum absolute atomic E-state index is 0.0622. The number of fused-ring (bicyclic) bond motifs is 1. The number of rotatable bonds is 11. The molecule has 48 heavy (non-hydrogen) atoms. The van der Waals surface area contributed by atoms with Crippen LogP contribution in [0.25, 0.3) is 33.8 Å². The van der Waals surface area contributed by atoms with Crippen molar-refractivity contribution < 1.29 is 27.4 Å². The molecule has 3 aromatic heterocycles. The second-order valence-electron chi connectivity index (χ2n) is 13.8. The maximum atomic E-state index is 14.1. The Balaban J connectivity index is 1.33. The van der Waals surface area contributed by atoms with Gasteiger partial charge in [0.25, 0.3) is 0 Å². The first-order valence-corrected chi connectivity index (χ1v) is 16.6. The lowest BCUT2D eigenvalue weighted by atomic mass is 9.94. The molecular weight excluding hydrogens is 621 g/mol. The number of nitrogens with zero attached hydrogens (tertiary/aromatic N) is 5. The van der Waals surface area contributed by atoms with Crippen molar-refractivity contribution in [2.45, 2.75) is 58.5 Å². The SMILES string of the molecule is CCOC(=O)C1CCN(c2ccc(-c3nc4nc(-c5cnc(C6CC6)c(C(F)(F)F)c5)cc(N(C)CC(C)(C)COC)c4[nH]3)cc2)CC1. The summed E-state index contributed by atoms with van der Waals surface area (Å²) in [7, 11) is 3.62. The summed E-state index contributed by atoms with van der Waals surface area (Å²) in [5.41, 5.74) is 3.62. The quantitative estimate of drug-likeness (QED) is 0.165. The molecule has 1 N–H and O–H groups in total. The first kappa shape index (κ1) is 33.7. The minimum atomic E-state index is -4.52. The highest BCUT2D eigenvalue weighted by atomic mass is 19.4. The number of hydrogen-bond acceptors (Lipinski definition) is 8. The zero-order valence-corrected chi connectivity index (χ0v) is 28.2. The summed E-state index contributed by atoms with van der Waals surface area (Å²) in [5.74, 6) is 0.278. The molecule has 1 saturated heterocycles. The molecule has 0 unspecified atom stereocenters. The molecule has 0 amide bonds. The van der Waals surface area contributed by atoms with E-state index in [0.717, 1.165) is 55.7 Å². The van der Waals surface area contributed by atoms with Crippen LogP contribution in [-0.4, -0.2) is 72.9 Å². The van der Waals surface area contributed by atoms with E-state index in [9.17, 15) is 18.0 Å². The number of carbonyl (C=O) groups excluding carboxylic acids is 1. The van der Waals surface area contributed by atoms with Gasteiger partial charge in [0, 0.05) is 68.1 Å². The maximum absolute atomic E-state index is 14.1. The lowest BCUT2D eigenvalue weighted by molar-refractivity contribution is -0.148. The number of benzene rings is 1. The number of pyridine rings is 2. The van der Waals surface area contributed by atoms with Crippen LogP contribution in [0.15, 0.2) is 42.6 Å². The zero-order valence-electron chi connectivity index (χ0n) is 28.2. The van der Waals surface area contributed by atoms with E-state index < -0.39 is 11.7 Å². The Bertz CT molecular complexity index is 1760. The average Bonchev–Trinajstić information content (AvgIpc) is 3.81. The number of piperidine rings is 1. The van der Waals surface area contributed by atoms with Crippen LogP contribution in [-0.2, 0) is 20.4 Å². The first-order chi connectivity index (χ1) is 22.9. The van der Waals surface area contributed by atoms with Gasteiger partial charge in [0.2, 0.25) is 0 Å². The summed E-state index contributed by atoms with van der Waals surface area (Å²) in [6, 6.07) is 11.1. The predicted octanol–water partition coefficient (Wildman–Crippen LogP) is 7.47. The Morgan fingerprint density at radius 1 is 1.04 bits per heavy atom. The fourth-order valence-electron chi connectivity index (χ4n) is 6.71. The highest BCUT2D eigenvalue weighted by molar-refractivity contribution is 5.91. The Labute approximate surface area is 278 Å². The van der Waals surface area contributed by atoms with Crippen molar-refractivity contribution in [3.8, 4) is 22.6 Å². The molecule has 1 aromatic carbocycles. The van der Waals surface area contributed by atoms with Gasteiger partial charge in [-0.2, -0.15) is 13.2 Å². The highest BCUT2D eigenvalue weighted by Gasteiger charge is 2.40. The molecule has 4 heterocycles. The van der Waals surface area contributed by atoms with Gasteiger partial charge >= 0.3 is 12.1 Å². The molecule has 4 aromatic rings. The Hall–Kier alpha value is -4.19.